The highest BCUT2D eigenvalue weighted by molar-refractivity contribution is 5.61. The van der Waals surface area contributed by atoms with E-state index in [9.17, 15) is 15.4 Å². The summed E-state index contributed by atoms with van der Waals surface area (Å²) in [5.74, 6) is 0.286. The Morgan fingerprint density at radius 1 is 1.29 bits per heavy atom. The number of benzene rings is 2. The second kappa shape index (κ2) is 7.11. The van der Waals surface area contributed by atoms with Gasteiger partial charge in [0.05, 0.1) is 22.3 Å². The summed E-state index contributed by atoms with van der Waals surface area (Å²) >= 11 is 0. The van der Waals surface area contributed by atoms with Crippen LogP contribution in [0.4, 0.5) is 11.4 Å². The van der Waals surface area contributed by atoms with Crippen LogP contribution in [0.1, 0.15) is 23.7 Å². The third-order valence-corrected chi connectivity index (χ3v) is 4.23. The number of hydrogen-bond donors (Lipinski definition) is 1. The molecule has 6 heteroatoms. The van der Waals surface area contributed by atoms with Crippen LogP contribution in [0.3, 0.4) is 0 Å². The molecule has 0 spiro atoms. The van der Waals surface area contributed by atoms with Crippen LogP contribution in [0.5, 0.6) is 0 Å². The maximum absolute atomic E-state index is 10.8. The average Bonchev–Trinajstić information content (AvgIpc) is 3.09. The van der Waals surface area contributed by atoms with E-state index in [1.165, 1.54) is 12.1 Å². The number of hydrogen-bond acceptors (Lipinski definition) is 5. The van der Waals surface area contributed by atoms with Gasteiger partial charge in [-0.2, -0.15) is 5.26 Å². The lowest BCUT2D eigenvalue weighted by atomic mass is 9.95. The lowest BCUT2D eigenvalue weighted by Gasteiger charge is -2.20. The molecule has 24 heavy (non-hydrogen) atoms. The molecule has 1 aliphatic rings. The Bertz CT molecular complexity index is 771. The van der Waals surface area contributed by atoms with E-state index < -0.39 is 4.92 Å². The van der Waals surface area contributed by atoms with E-state index in [4.69, 9.17) is 4.74 Å². The second-order valence-corrected chi connectivity index (χ2v) is 5.73. The highest BCUT2D eigenvalue weighted by atomic mass is 16.6. The highest BCUT2D eigenvalue weighted by Crippen LogP contribution is 2.34. The molecule has 1 N–H and O–H groups in total. The Balaban J connectivity index is 1.71. The summed E-state index contributed by atoms with van der Waals surface area (Å²) in [5, 5.41) is 23.3. The molecule has 2 aromatic rings. The van der Waals surface area contributed by atoms with Gasteiger partial charge in [0.2, 0.25) is 0 Å². The number of nitro benzene ring substituents is 1. The van der Waals surface area contributed by atoms with Crippen molar-refractivity contribution in [2.24, 2.45) is 5.92 Å². The lowest BCUT2D eigenvalue weighted by molar-refractivity contribution is -0.384. The van der Waals surface area contributed by atoms with E-state index in [1.807, 2.05) is 24.3 Å². The van der Waals surface area contributed by atoms with Crippen LogP contribution in [-0.4, -0.2) is 18.1 Å². The predicted octanol–water partition coefficient (Wildman–Crippen LogP) is 3.66. The molecule has 0 radical (unpaired) electrons. The van der Waals surface area contributed by atoms with Crippen LogP contribution in [-0.2, 0) is 4.74 Å². The number of nitrogens with one attached hydrogen (secondary N) is 1. The Morgan fingerprint density at radius 3 is 2.79 bits per heavy atom. The molecule has 1 heterocycles. The molecule has 3 rings (SSSR count). The zero-order chi connectivity index (χ0) is 16.9. The molecular formula is C18H17N3O3. The van der Waals surface area contributed by atoms with Gasteiger partial charge in [0.25, 0.3) is 5.69 Å². The molecule has 2 atom stereocenters. The van der Waals surface area contributed by atoms with Crippen LogP contribution in [0.15, 0.2) is 48.5 Å². The summed E-state index contributed by atoms with van der Waals surface area (Å²) < 4.78 is 5.85. The minimum Gasteiger partial charge on any atom is -0.384 e. The summed E-state index contributed by atoms with van der Waals surface area (Å²) in [6.45, 7) is 1.35. The van der Waals surface area contributed by atoms with Gasteiger partial charge in [-0.15, -0.1) is 0 Å². The van der Waals surface area contributed by atoms with Crippen molar-refractivity contribution in [2.75, 3.05) is 18.5 Å². The van der Waals surface area contributed by atoms with Crippen LogP contribution in [0.25, 0.3) is 0 Å². The van der Waals surface area contributed by atoms with E-state index in [1.54, 1.807) is 6.07 Å². The van der Waals surface area contributed by atoms with E-state index >= 15 is 0 Å². The van der Waals surface area contributed by atoms with Gasteiger partial charge >= 0.3 is 0 Å². The summed E-state index contributed by atoms with van der Waals surface area (Å²) in [4.78, 5) is 10.3. The van der Waals surface area contributed by atoms with Crippen molar-refractivity contribution in [3.05, 3.63) is 69.8 Å². The molecule has 0 saturated carbocycles. The summed E-state index contributed by atoms with van der Waals surface area (Å²) in [7, 11) is 0. The first-order valence-electron chi connectivity index (χ1n) is 7.78. The van der Waals surface area contributed by atoms with Crippen molar-refractivity contribution in [3.63, 3.8) is 0 Å². The van der Waals surface area contributed by atoms with Gasteiger partial charge in [-0.3, -0.25) is 10.1 Å². The SMILES string of the molecule is N#Cc1cc([N+](=O)[O-])ccc1NCC1CCOC1c1ccccc1. The molecule has 2 aromatic carbocycles. The fourth-order valence-corrected chi connectivity index (χ4v) is 2.99. The van der Waals surface area contributed by atoms with Crippen LogP contribution in [0.2, 0.25) is 0 Å². The van der Waals surface area contributed by atoms with Crippen molar-refractivity contribution in [2.45, 2.75) is 12.5 Å². The minimum atomic E-state index is -0.499. The summed E-state index contributed by atoms with van der Waals surface area (Å²) in [5.41, 5.74) is 1.95. The highest BCUT2D eigenvalue weighted by Gasteiger charge is 2.29. The van der Waals surface area contributed by atoms with Crippen LogP contribution >= 0.6 is 0 Å². The number of anilines is 1. The zero-order valence-electron chi connectivity index (χ0n) is 13.0. The van der Waals surface area contributed by atoms with Gasteiger partial charge in [-0.05, 0) is 18.1 Å². The fraction of sp³-hybridized carbons (Fsp3) is 0.278. The number of nitrogens with zero attached hydrogens (tertiary/aromatic N) is 2. The zero-order valence-corrected chi connectivity index (χ0v) is 13.0. The summed E-state index contributed by atoms with van der Waals surface area (Å²) in [6.07, 6.45) is 0.962. The Hall–Kier alpha value is -2.91. The molecule has 0 bridgehead atoms. The molecule has 0 amide bonds. The maximum Gasteiger partial charge on any atom is 0.270 e. The molecule has 2 unspecified atom stereocenters. The van der Waals surface area contributed by atoms with E-state index in [2.05, 4.69) is 17.4 Å². The molecule has 1 aliphatic heterocycles. The Labute approximate surface area is 139 Å². The Kier molecular flexibility index (Phi) is 4.73. The third-order valence-electron chi connectivity index (χ3n) is 4.23. The van der Waals surface area contributed by atoms with Crippen molar-refractivity contribution in [1.82, 2.24) is 0 Å². The van der Waals surface area contributed by atoms with E-state index in [0.29, 0.717) is 18.8 Å². The van der Waals surface area contributed by atoms with Gasteiger partial charge in [-0.25, -0.2) is 0 Å². The number of ether oxygens (including phenoxy) is 1. The van der Waals surface area contributed by atoms with Gasteiger partial charge < -0.3 is 10.1 Å². The summed E-state index contributed by atoms with van der Waals surface area (Å²) in [6, 6.07) is 16.4. The second-order valence-electron chi connectivity index (χ2n) is 5.73. The quantitative estimate of drug-likeness (QED) is 0.670. The fourth-order valence-electron chi connectivity index (χ4n) is 2.99. The predicted molar refractivity (Wildman–Crippen MR) is 89.5 cm³/mol. The van der Waals surface area contributed by atoms with Gasteiger partial charge in [0, 0.05) is 31.2 Å². The Morgan fingerprint density at radius 2 is 2.08 bits per heavy atom. The first-order valence-corrected chi connectivity index (χ1v) is 7.78. The number of nitriles is 1. The van der Waals surface area contributed by atoms with Crippen molar-refractivity contribution in [1.29, 1.82) is 5.26 Å². The van der Waals surface area contributed by atoms with Crippen molar-refractivity contribution < 1.29 is 9.66 Å². The molecular weight excluding hydrogens is 306 g/mol. The number of rotatable bonds is 5. The first kappa shape index (κ1) is 16.0. The van der Waals surface area contributed by atoms with Gasteiger partial charge in [0.15, 0.2) is 0 Å². The van der Waals surface area contributed by atoms with Crippen LogP contribution < -0.4 is 5.32 Å². The molecule has 1 saturated heterocycles. The minimum absolute atomic E-state index is 0.0299. The molecule has 122 valence electrons. The number of non-ortho nitro benzene ring substituents is 1. The molecule has 1 fully saturated rings. The van der Waals surface area contributed by atoms with Crippen molar-refractivity contribution >= 4 is 11.4 Å². The first-order chi connectivity index (χ1) is 11.7. The molecule has 0 aromatic heterocycles. The maximum atomic E-state index is 10.8. The molecule has 0 aliphatic carbocycles. The third kappa shape index (κ3) is 3.36. The average molecular weight is 323 g/mol. The monoisotopic (exact) mass is 323 g/mol. The van der Waals surface area contributed by atoms with Gasteiger partial charge in [-0.1, -0.05) is 30.3 Å². The largest absolute Gasteiger partial charge is 0.384 e. The van der Waals surface area contributed by atoms with Crippen LogP contribution in [0, 0.1) is 27.4 Å². The standard InChI is InChI=1S/C18H17N3O3/c19-11-15-10-16(21(22)23)6-7-17(15)20-12-14-8-9-24-18(14)13-4-2-1-3-5-13/h1-7,10,14,18,20H,8-9,12H2. The van der Waals surface area contributed by atoms with Crippen molar-refractivity contribution in [3.8, 4) is 6.07 Å². The normalized spacial score (nSPS) is 19.6. The van der Waals surface area contributed by atoms with E-state index in [0.717, 1.165) is 12.0 Å². The smallest absolute Gasteiger partial charge is 0.270 e. The van der Waals surface area contributed by atoms with E-state index in [-0.39, 0.29) is 23.3 Å². The topological polar surface area (TPSA) is 88.2 Å². The van der Waals surface area contributed by atoms with Gasteiger partial charge in [0.1, 0.15) is 6.07 Å². The molecule has 6 nitrogen and oxygen atoms in total. The lowest BCUT2D eigenvalue weighted by Crippen LogP contribution is -2.18. The number of nitro groups is 1.